The molecule has 2 atom stereocenters. The summed E-state index contributed by atoms with van der Waals surface area (Å²) in [5.41, 5.74) is 2.45. The Labute approximate surface area is 141 Å². The van der Waals surface area contributed by atoms with Crippen molar-refractivity contribution in [2.45, 2.75) is 30.4 Å². The van der Waals surface area contributed by atoms with Crippen molar-refractivity contribution in [1.82, 2.24) is 15.6 Å². The maximum Gasteiger partial charge on any atom is 0.253 e. The molecule has 3 N–H and O–H groups in total. The third-order valence-electron chi connectivity index (χ3n) is 5.42. The van der Waals surface area contributed by atoms with Crippen LogP contribution in [0.15, 0.2) is 48.8 Å². The molecule has 1 aromatic heterocycles. The summed E-state index contributed by atoms with van der Waals surface area (Å²) in [6, 6.07) is 11.2. The summed E-state index contributed by atoms with van der Waals surface area (Å²) in [4.78, 5) is 16.5. The van der Waals surface area contributed by atoms with Gasteiger partial charge in [0.1, 0.15) is 0 Å². The van der Waals surface area contributed by atoms with Crippen LogP contribution in [0.3, 0.4) is 0 Å². The number of carbonyl (C=O) groups excluding carboxylic acids is 1. The molecule has 1 fully saturated rings. The van der Waals surface area contributed by atoms with Gasteiger partial charge in [0, 0.05) is 17.8 Å². The van der Waals surface area contributed by atoms with Crippen LogP contribution in [0, 0.1) is 0 Å². The van der Waals surface area contributed by atoms with Crippen molar-refractivity contribution in [1.29, 1.82) is 0 Å². The summed E-state index contributed by atoms with van der Waals surface area (Å²) in [5.74, 6) is -0.201. The molecule has 24 heavy (non-hydrogen) atoms. The van der Waals surface area contributed by atoms with Crippen LogP contribution < -0.4 is 10.6 Å². The Balaban J connectivity index is 1.68. The van der Waals surface area contributed by atoms with Crippen LogP contribution in [0.5, 0.6) is 0 Å². The molecule has 5 heteroatoms. The number of benzene rings is 1. The minimum absolute atomic E-state index is 0.201. The van der Waals surface area contributed by atoms with Gasteiger partial charge in [-0.1, -0.05) is 24.3 Å². The lowest BCUT2D eigenvalue weighted by molar-refractivity contribution is 0.0418. The number of pyridine rings is 1. The smallest absolute Gasteiger partial charge is 0.253 e. The van der Waals surface area contributed by atoms with Crippen molar-refractivity contribution in [2.75, 3.05) is 13.1 Å². The predicted molar refractivity (Wildman–Crippen MR) is 90.7 cm³/mol. The Hall–Kier alpha value is -2.24. The van der Waals surface area contributed by atoms with E-state index in [0.29, 0.717) is 5.56 Å². The molecule has 1 spiro atoms. The zero-order valence-corrected chi connectivity index (χ0v) is 13.4. The molecular weight excluding hydrogens is 302 g/mol. The van der Waals surface area contributed by atoms with E-state index < -0.39 is 6.10 Å². The number of nitrogens with zero attached hydrogens (tertiary/aromatic N) is 1. The summed E-state index contributed by atoms with van der Waals surface area (Å²) in [6.45, 7) is 1.77. The second-order valence-electron chi connectivity index (χ2n) is 6.63. The van der Waals surface area contributed by atoms with E-state index >= 15 is 0 Å². The molecule has 0 bridgehead atoms. The number of aliphatic hydroxyl groups excluding tert-OH is 1. The highest BCUT2D eigenvalue weighted by atomic mass is 16.3. The number of fused-ring (bicyclic) bond motifs is 2. The monoisotopic (exact) mass is 323 g/mol. The average Bonchev–Trinajstić information content (AvgIpc) is 2.86. The molecule has 1 aliphatic heterocycles. The van der Waals surface area contributed by atoms with Crippen molar-refractivity contribution in [3.8, 4) is 0 Å². The summed E-state index contributed by atoms with van der Waals surface area (Å²) in [5, 5.41) is 17.5. The summed E-state index contributed by atoms with van der Waals surface area (Å²) in [6.07, 6.45) is 4.33. The first-order chi connectivity index (χ1) is 11.7. The van der Waals surface area contributed by atoms with Gasteiger partial charge in [-0.3, -0.25) is 9.78 Å². The number of aromatic nitrogens is 1. The number of hydrogen-bond donors (Lipinski definition) is 3. The van der Waals surface area contributed by atoms with Gasteiger partial charge in [-0.05, 0) is 49.2 Å². The summed E-state index contributed by atoms with van der Waals surface area (Å²) in [7, 11) is 0. The summed E-state index contributed by atoms with van der Waals surface area (Å²) >= 11 is 0. The van der Waals surface area contributed by atoms with E-state index in [1.165, 1.54) is 5.56 Å². The lowest BCUT2D eigenvalue weighted by atomic mass is 9.72. The van der Waals surface area contributed by atoms with Crippen LogP contribution in [0.25, 0.3) is 0 Å². The van der Waals surface area contributed by atoms with Crippen molar-refractivity contribution in [3.05, 3.63) is 65.5 Å². The predicted octanol–water partition coefficient (Wildman–Crippen LogP) is 1.55. The van der Waals surface area contributed by atoms with Crippen LogP contribution in [-0.2, 0) is 5.41 Å². The molecule has 2 heterocycles. The van der Waals surface area contributed by atoms with Gasteiger partial charge in [0.05, 0.1) is 17.7 Å². The highest BCUT2D eigenvalue weighted by Crippen LogP contribution is 2.50. The van der Waals surface area contributed by atoms with Crippen LogP contribution in [0.1, 0.15) is 40.4 Å². The number of aliphatic hydroxyl groups is 1. The van der Waals surface area contributed by atoms with Gasteiger partial charge in [-0.15, -0.1) is 0 Å². The molecule has 1 amide bonds. The zero-order chi connectivity index (χ0) is 16.6. The van der Waals surface area contributed by atoms with Crippen molar-refractivity contribution >= 4 is 5.91 Å². The van der Waals surface area contributed by atoms with Gasteiger partial charge in [-0.2, -0.15) is 0 Å². The Morgan fingerprint density at radius 1 is 1.21 bits per heavy atom. The molecule has 5 nitrogen and oxygen atoms in total. The molecular formula is C19H21N3O2. The fourth-order valence-corrected chi connectivity index (χ4v) is 4.19. The highest BCUT2D eigenvalue weighted by molar-refractivity contribution is 5.94. The molecule has 1 saturated heterocycles. The molecule has 124 valence electrons. The normalized spacial score (nSPS) is 24.5. The zero-order valence-electron chi connectivity index (χ0n) is 13.4. The van der Waals surface area contributed by atoms with E-state index in [1.807, 2.05) is 18.2 Å². The lowest BCUT2D eigenvalue weighted by Gasteiger charge is -2.38. The number of rotatable bonds is 2. The lowest BCUT2D eigenvalue weighted by Crippen LogP contribution is -2.48. The van der Waals surface area contributed by atoms with Crippen molar-refractivity contribution < 1.29 is 9.90 Å². The standard InChI is InChI=1S/C19H21N3O2/c23-17-16(22-18(24)13-4-3-9-21-12-13)14-5-1-2-6-15(14)19(17)7-10-20-11-8-19/h1-6,9,12,16-17,20,23H,7-8,10-11H2,(H,22,24)/t16-,17+/m0/s1. The van der Waals surface area contributed by atoms with Crippen LogP contribution >= 0.6 is 0 Å². The molecule has 0 radical (unpaired) electrons. The third-order valence-corrected chi connectivity index (χ3v) is 5.42. The van der Waals surface area contributed by atoms with E-state index in [1.54, 1.807) is 24.5 Å². The van der Waals surface area contributed by atoms with E-state index in [2.05, 4.69) is 21.7 Å². The van der Waals surface area contributed by atoms with Gasteiger partial charge in [-0.25, -0.2) is 0 Å². The molecule has 1 aromatic carbocycles. The SMILES string of the molecule is O=C(N[C@H]1c2ccccc2C2(CCNCC2)[C@@H]1O)c1cccnc1. The van der Waals surface area contributed by atoms with Gasteiger partial charge in [0.15, 0.2) is 0 Å². The van der Waals surface area contributed by atoms with Crippen LogP contribution in [-0.4, -0.2) is 35.2 Å². The second-order valence-corrected chi connectivity index (χ2v) is 6.63. The number of piperidine rings is 1. The molecule has 2 aromatic rings. The first-order valence-corrected chi connectivity index (χ1v) is 8.41. The Morgan fingerprint density at radius 3 is 2.75 bits per heavy atom. The quantitative estimate of drug-likeness (QED) is 0.784. The van der Waals surface area contributed by atoms with Crippen LogP contribution in [0.2, 0.25) is 0 Å². The first kappa shape index (κ1) is 15.3. The minimum Gasteiger partial charge on any atom is -0.390 e. The molecule has 0 saturated carbocycles. The van der Waals surface area contributed by atoms with Gasteiger partial charge in [0.25, 0.3) is 5.91 Å². The first-order valence-electron chi connectivity index (χ1n) is 8.41. The fraction of sp³-hybridized carbons (Fsp3) is 0.368. The topological polar surface area (TPSA) is 74.2 Å². The number of nitrogens with one attached hydrogen (secondary N) is 2. The number of amides is 1. The number of hydrogen-bond acceptors (Lipinski definition) is 4. The van der Waals surface area contributed by atoms with E-state index in [0.717, 1.165) is 31.5 Å². The molecule has 1 aliphatic carbocycles. The van der Waals surface area contributed by atoms with E-state index in [4.69, 9.17) is 0 Å². The Morgan fingerprint density at radius 2 is 2.00 bits per heavy atom. The average molecular weight is 323 g/mol. The largest absolute Gasteiger partial charge is 0.390 e. The minimum atomic E-state index is -0.613. The van der Waals surface area contributed by atoms with E-state index in [9.17, 15) is 9.90 Å². The Kier molecular flexibility index (Phi) is 3.82. The van der Waals surface area contributed by atoms with Crippen molar-refractivity contribution in [3.63, 3.8) is 0 Å². The second kappa shape index (κ2) is 6.00. The van der Waals surface area contributed by atoms with Crippen molar-refractivity contribution in [2.24, 2.45) is 0 Å². The molecule has 2 aliphatic rings. The van der Waals surface area contributed by atoms with Gasteiger partial charge >= 0.3 is 0 Å². The summed E-state index contributed by atoms with van der Waals surface area (Å²) < 4.78 is 0. The van der Waals surface area contributed by atoms with Gasteiger partial charge in [0.2, 0.25) is 0 Å². The number of carbonyl (C=O) groups is 1. The van der Waals surface area contributed by atoms with Crippen LogP contribution in [0.4, 0.5) is 0 Å². The third kappa shape index (κ3) is 2.32. The van der Waals surface area contributed by atoms with E-state index in [-0.39, 0.29) is 17.4 Å². The van der Waals surface area contributed by atoms with Gasteiger partial charge < -0.3 is 15.7 Å². The Bertz CT molecular complexity index is 741. The maximum absolute atomic E-state index is 12.6. The highest BCUT2D eigenvalue weighted by Gasteiger charge is 2.52. The maximum atomic E-state index is 12.6. The molecule has 0 unspecified atom stereocenters. The fourth-order valence-electron chi connectivity index (χ4n) is 4.19. The molecule has 4 rings (SSSR count).